The first-order valence-corrected chi connectivity index (χ1v) is 7.49. The highest BCUT2D eigenvalue weighted by Crippen LogP contribution is 2.32. The van der Waals surface area contributed by atoms with Gasteiger partial charge >= 0.3 is 5.69 Å². The van der Waals surface area contributed by atoms with Gasteiger partial charge in [-0.1, -0.05) is 6.07 Å². The van der Waals surface area contributed by atoms with Crippen LogP contribution in [0.2, 0.25) is 0 Å². The van der Waals surface area contributed by atoms with Crippen molar-refractivity contribution in [3.05, 3.63) is 33.9 Å². The number of nitro groups is 1. The van der Waals surface area contributed by atoms with E-state index in [1.54, 1.807) is 12.1 Å². The van der Waals surface area contributed by atoms with E-state index in [0.29, 0.717) is 19.0 Å². The molecule has 0 spiro atoms. The van der Waals surface area contributed by atoms with Crippen LogP contribution < -0.4 is 10.1 Å². The van der Waals surface area contributed by atoms with Gasteiger partial charge in [0, 0.05) is 18.7 Å². The summed E-state index contributed by atoms with van der Waals surface area (Å²) in [7, 11) is 0. The zero-order valence-electron chi connectivity index (χ0n) is 11.8. The Kier molecular flexibility index (Phi) is 4.07. The Balaban J connectivity index is 1.73. The molecule has 0 saturated heterocycles. The number of aliphatic hydroxyl groups is 1. The standard InChI is InChI=1S/C15H20N2O4/c18-13-2-1-3-15(13)21-14-7-4-10(8-12(14)17(19)20)9-16-11-5-6-11/h4,7-8,11,13,15-16,18H,1-3,5-6,9H2. The average Bonchev–Trinajstić information content (AvgIpc) is 3.21. The second-order valence-electron chi connectivity index (χ2n) is 5.87. The van der Waals surface area contributed by atoms with E-state index < -0.39 is 11.0 Å². The first kappa shape index (κ1) is 14.3. The molecule has 2 unspecified atom stereocenters. The van der Waals surface area contributed by atoms with Gasteiger partial charge in [-0.05, 0) is 43.7 Å². The van der Waals surface area contributed by atoms with Crippen molar-refractivity contribution in [1.29, 1.82) is 0 Å². The van der Waals surface area contributed by atoms with Crippen LogP contribution in [0, 0.1) is 10.1 Å². The molecule has 2 fully saturated rings. The molecular weight excluding hydrogens is 272 g/mol. The lowest BCUT2D eigenvalue weighted by Gasteiger charge is -2.17. The van der Waals surface area contributed by atoms with Crippen LogP contribution in [0.1, 0.15) is 37.7 Å². The molecule has 1 aromatic rings. The van der Waals surface area contributed by atoms with Crippen molar-refractivity contribution in [2.75, 3.05) is 0 Å². The third kappa shape index (κ3) is 3.51. The van der Waals surface area contributed by atoms with Gasteiger partial charge in [-0.25, -0.2) is 0 Å². The Morgan fingerprint density at radius 3 is 2.76 bits per heavy atom. The number of hydrogen-bond donors (Lipinski definition) is 2. The first-order chi connectivity index (χ1) is 10.1. The predicted octanol–water partition coefficient (Wildman–Crippen LogP) is 2.14. The second-order valence-corrected chi connectivity index (χ2v) is 5.87. The van der Waals surface area contributed by atoms with Gasteiger partial charge < -0.3 is 15.2 Å². The van der Waals surface area contributed by atoms with E-state index >= 15 is 0 Å². The summed E-state index contributed by atoms with van der Waals surface area (Å²) < 4.78 is 5.66. The molecule has 0 aliphatic heterocycles. The van der Waals surface area contributed by atoms with Crippen LogP contribution in [0.5, 0.6) is 5.75 Å². The minimum Gasteiger partial charge on any atom is -0.481 e. The summed E-state index contributed by atoms with van der Waals surface area (Å²) in [6.07, 6.45) is 3.83. The van der Waals surface area contributed by atoms with Gasteiger partial charge in [-0.2, -0.15) is 0 Å². The normalized spacial score (nSPS) is 25.0. The summed E-state index contributed by atoms with van der Waals surface area (Å²) in [6.45, 7) is 0.637. The van der Waals surface area contributed by atoms with Gasteiger partial charge in [-0.3, -0.25) is 10.1 Å². The molecular formula is C15H20N2O4. The summed E-state index contributed by atoms with van der Waals surface area (Å²) in [4.78, 5) is 10.8. The van der Waals surface area contributed by atoms with Gasteiger partial charge in [0.15, 0.2) is 5.75 Å². The highest BCUT2D eigenvalue weighted by atomic mass is 16.6. The summed E-state index contributed by atoms with van der Waals surface area (Å²) >= 11 is 0. The van der Waals surface area contributed by atoms with Gasteiger partial charge in [-0.15, -0.1) is 0 Å². The molecule has 2 saturated carbocycles. The summed E-state index contributed by atoms with van der Waals surface area (Å²) in [6, 6.07) is 5.62. The maximum atomic E-state index is 11.2. The topological polar surface area (TPSA) is 84.6 Å². The number of nitrogens with one attached hydrogen (secondary N) is 1. The molecule has 6 heteroatoms. The quantitative estimate of drug-likeness (QED) is 0.620. The van der Waals surface area contributed by atoms with Crippen molar-refractivity contribution in [2.24, 2.45) is 0 Å². The van der Waals surface area contributed by atoms with Crippen LogP contribution in [0.15, 0.2) is 18.2 Å². The molecule has 3 rings (SSSR count). The van der Waals surface area contributed by atoms with Crippen LogP contribution in [-0.2, 0) is 6.54 Å². The monoisotopic (exact) mass is 292 g/mol. The van der Waals surface area contributed by atoms with E-state index in [-0.39, 0.29) is 17.5 Å². The third-order valence-corrected chi connectivity index (χ3v) is 4.09. The number of aliphatic hydroxyl groups excluding tert-OH is 1. The highest BCUT2D eigenvalue weighted by Gasteiger charge is 2.29. The fourth-order valence-electron chi connectivity index (χ4n) is 2.67. The minimum absolute atomic E-state index is 0.0239. The largest absolute Gasteiger partial charge is 0.481 e. The highest BCUT2D eigenvalue weighted by molar-refractivity contribution is 5.49. The smallest absolute Gasteiger partial charge is 0.311 e. The predicted molar refractivity (Wildman–Crippen MR) is 77.2 cm³/mol. The van der Waals surface area contributed by atoms with Crippen LogP contribution in [0.3, 0.4) is 0 Å². The number of benzene rings is 1. The zero-order valence-corrected chi connectivity index (χ0v) is 11.8. The molecule has 0 radical (unpaired) electrons. The SMILES string of the molecule is O=[N+]([O-])c1cc(CNC2CC2)ccc1OC1CCCC1O. The Morgan fingerprint density at radius 2 is 2.14 bits per heavy atom. The molecule has 2 N–H and O–H groups in total. The van der Waals surface area contributed by atoms with Crippen molar-refractivity contribution in [2.45, 2.75) is 56.9 Å². The molecule has 114 valence electrons. The van der Waals surface area contributed by atoms with Gasteiger partial charge in [0.25, 0.3) is 0 Å². The van der Waals surface area contributed by atoms with E-state index in [4.69, 9.17) is 4.74 Å². The lowest BCUT2D eigenvalue weighted by atomic mass is 10.1. The van der Waals surface area contributed by atoms with Gasteiger partial charge in [0.2, 0.25) is 0 Å². The van der Waals surface area contributed by atoms with Crippen LogP contribution >= 0.6 is 0 Å². The summed E-state index contributed by atoms with van der Waals surface area (Å²) in [5.74, 6) is 0.251. The molecule has 1 aromatic carbocycles. The maximum Gasteiger partial charge on any atom is 0.311 e. The van der Waals surface area contributed by atoms with Crippen molar-refractivity contribution in [3.63, 3.8) is 0 Å². The molecule has 0 amide bonds. The second kappa shape index (κ2) is 5.99. The minimum atomic E-state index is -0.527. The molecule has 0 bridgehead atoms. The van der Waals surface area contributed by atoms with Crippen molar-refractivity contribution < 1.29 is 14.8 Å². The molecule has 0 aromatic heterocycles. The molecule has 2 aliphatic carbocycles. The Hall–Kier alpha value is -1.66. The number of hydrogen-bond acceptors (Lipinski definition) is 5. The molecule has 0 heterocycles. The van der Waals surface area contributed by atoms with Crippen LogP contribution in [0.4, 0.5) is 5.69 Å². The maximum absolute atomic E-state index is 11.2. The number of nitrogens with zero attached hydrogens (tertiary/aromatic N) is 1. The summed E-state index contributed by atoms with van der Waals surface area (Å²) in [5.41, 5.74) is 0.858. The average molecular weight is 292 g/mol. The Labute approximate surface area is 123 Å². The Bertz CT molecular complexity index is 530. The lowest BCUT2D eigenvalue weighted by Crippen LogP contribution is -2.26. The van der Waals surface area contributed by atoms with E-state index in [0.717, 1.165) is 18.4 Å². The lowest BCUT2D eigenvalue weighted by molar-refractivity contribution is -0.386. The van der Waals surface area contributed by atoms with Crippen molar-refractivity contribution in [3.8, 4) is 5.75 Å². The number of ether oxygens (including phenoxy) is 1. The van der Waals surface area contributed by atoms with Crippen LogP contribution in [0.25, 0.3) is 0 Å². The first-order valence-electron chi connectivity index (χ1n) is 7.49. The molecule has 21 heavy (non-hydrogen) atoms. The van der Waals surface area contributed by atoms with Gasteiger partial charge in [0.1, 0.15) is 6.10 Å². The van der Waals surface area contributed by atoms with E-state index in [9.17, 15) is 15.2 Å². The van der Waals surface area contributed by atoms with Crippen molar-refractivity contribution >= 4 is 5.69 Å². The Morgan fingerprint density at radius 1 is 1.33 bits per heavy atom. The number of nitro benzene ring substituents is 1. The van der Waals surface area contributed by atoms with E-state index in [1.807, 2.05) is 6.07 Å². The zero-order chi connectivity index (χ0) is 14.8. The fraction of sp³-hybridized carbons (Fsp3) is 0.600. The molecule has 6 nitrogen and oxygen atoms in total. The molecule has 2 atom stereocenters. The fourth-order valence-corrected chi connectivity index (χ4v) is 2.67. The third-order valence-electron chi connectivity index (χ3n) is 4.09. The van der Waals surface area contributed by atoms with Crippen molar-refractivity contribution in [1.82, 2.24) is 5.32 Å². The van der Waals surface area contributed by atoms with E-state index in [1.165, 1.54) is 12.8 Å². The molecule has 2 aliphatic rings. The van der Waals surface area contributed by atoms with E-state index in [2.05, 4.69) is 5.32 Å². The van der Waals surface area contributed by atoms with Crippen LogP contribution in [-0.4, -0.2) is 28.3 Å². The summed E-state index contributed by atoms with van der Waals surface area (Å²) in [5, 5.41) is 24.3. The van der Waals surface area contributed by atoms with Gasteiger partial charge in [0.05, 0.1) is 11.0 Å². The number of rotatable bonds is 6.